The highest BCUT2D eigenvalue weighted by atomic mass is 16.2. The quantitative estimate of drug-likeness (QED) is 0.650. The molecule has 1 atom stereocenters. The van der Waals surface area contributed by atoms with Crippen LogP contribution in [0.25, 0.3) is 0 Å². The van der Waals surface area contributed by atoms with Crippen molar-refractivity contribution in [3.63, 3.8) is 0 Å². The third-order valence-corrected chi connectivity index (χ3v) is 2.28. The van der Waals surface area contributed by atoms with Gasteiger partial charge in [0, 0.05) is 25.5 Å². The summed E-state index contributed by atoms with van der Waals surface area (Å²) in [5.74, 6) is 0.0446. The van der Waals surface area contributed by atoms with E-state index >= 15 is 0 Å². The van der Waals surface area contributed by atoms with Crippen LogP contribution in [0, 0.1) is 0 Å². The number of carbonyl (C=O) groups excluding carboxylic acids is 1. The van der Waals surface area contributed by atoms with Crippen molar-refractivity contribution in [2.45, 2.75) is 25.9 Å². The predicted octanol–water partition coefficient (Wildman–Crippen LogP) is -0.00270. The highest BCUT2D eigenvalue weighted by molar-refractivity contribution is 5.81. The van der Waals surface area contributed by atoms with E-state index in [1.807, 2.05) is 17.7 Å². The summed E-state index contributed by atoms with van der Waals surface area (Å²) in [5.41, 5.74) is 0. The lowest BCUT2D eigenvalue weighted by molar-refractivity contribution is -0.122. The van der Waals surface area contributed by atoms with Crippen molar-refractivity contribution in [1.29, 1.82) is 0 Å². The average Bonchev–Trinajstić information content (AvgIpc) is 2.75. The molecule has 5 nitrogen and oxygen atoms in total. The number of hydrogen-bond donors (Lipinski definition) is 2. The number of nitrogens with one attached hydrogen (secondary N) is 2. The molecule has 0 aromatic carbocycles. The molecule has 0 radical (unpaired) electrons. The van der Waals surface area contributed by atoms with Crippen molar-refractivity contribution in [2.24, 2.45) is 0 Å². The Balaban J connectivity index is 2.09. The normalized spacial score (nSPS) is 12.4. The summed E-state index contributed by atoms with van der Waals surface area (Å²) < 4.78 is 1.99. The summed E-state index contributed by atoms with van der Waals surface area (Å²) in [6.07, 6.45) is 6.36. The first kappa shape index (κ1) is 11.7. The Kier molecular flexibility index (Phi) is 4.83. The Labute approximate surface area is 89.9 Å². The zero-order chi connectivity index (χ0) is 11.1. The standard InChI is InChI=1S/C10H18N4O/c1-9(11-2)10(15)13-4-3-6-14-7-5-12-8-14/h5,7-9,11H,3-4,6H2,1-2H3,(H,13,15). The van der Waals surface area contributed by atoms with Crippen molar-refractivity contribution in [2.75, 3.05) is 13.6 Å². The molecule has 15 heavy (non-hydrogen) atoms. The van der Waals surface area contributed by atoms with Crippen LogP contribution in [-0.4, -0.2) is 35.1 Å². The molecule has 1 amide bonds. The Hall–Kier alpha value is -1.36. The summed E-state index contributed by atoms with van der Waals surface area (Å²) in [6, 6.07) is -0.127. The maximum Gasteiger partial charge on any atom is 0.236 e. The molecule has 1 unspecified atom stereocenters. The largest absolute Gasteiger partial charge is 0.355 e. The number of likely N-dealkylation sites (N-methyl/N-ethyl adjacent to an activating group) is 1. The summed E-state index contributed by atoms with van der Waals surface area (Å²) >= 11 is 0. The molecule has 0 saturated carbocycles. The predicted molar refractivity (Wildman–Crippen MR) is 58.4 cm³/mol. The zero-order valence-electron chi connectivity index (χ0n) is 9.23. The van der Waals surface area contributed by atoms with Crippen LogP contribution in [0.1, 0.15) is 13.3 Å². The van der Waals surface area contributed by atoms with Crippen molar-refractivity contribution in [3.05, 3.63) is 18.7 Å². The van der Waals surface area contributed by atoms with E-state index in [1.165, 1.54) is 0 Å². The molecule has 5 heteroatoms. The molecule has 2 N–H and O–H groups in total. The van der Waals surface area contributed by atoms with E-state index in [2.05, 4.69) is 15.6 Å². The van der Waals surface area contributed by atoms with Gasteiger partial charge in [0.1, 0.15) is 0 Å². The van der Waals surface area contributed by atoms with Crippen LogP contribution in [0.15, 0.2) is 18.7 Å². The van der Waals surface area contributed by atoms with Gasteiger partial charge in [0.2, 0.25) is 5.91 Å². The minimum Gasteiger partial charge on any atom is -0.355 e. The third kappa shape index (κ3) is 4.12. The number of aromatic nitrogens is 2. The van der Waals surface area contributed by atoms with Crippen LogP contribution in [-0.2, 0) is 11.3 Å². The number of carbonyl (C=O) groups is 1. The first-order chi connectivity index (χ1) is 7.24. The number of nitrogens with zero attached hydrogens (tertiary/aromatic N) is 2. The van der Waals surface area contributed by atoms with Crippen LogP contribution in [0.4, 0.5) is 0 Å². The highest BCUT2D eigenvalue weighted by Crippen LogP contribution is 1.89. The summed E-state index contributed by atoms with van der Waals surface area (Å²) in [7, 11) is 1.77. The molecule has 0 aliphatic heterocycles. The van der Waals surface area contributed by atoms with E-state index in [0.29, 0.717) is 6.54 Å². The second-order valence-corrected chi connectivity index (χ2v) is 3.46. The molecule has 1 rings (SSSR count). The number of rotatable bonds is 6. The second-order valence-electron chi connectivity index (χ2n) is 3.46. The molecular formula is C10H18N4O. The number of imidazole rings is 1. The number of aryl methyl sites for hydroxylation is 1. The average molecular weight is 210 g/mol. The number of amides is 1. The van der Waals surface area contributed by atoms with Gasteiger partial charge in [-0.1, -0.05) is 0 Å². The minimum atomic E-state index is -0.127. The van der Waals surface area contributed by atoms with Crippen LogP contribution in [0.3, 0.4) is 0 Å². The van der Waals surface area contributed by atoms with Gasteiger partial charge in [-0.3, -0.25) is 4.79 Å². The molecule has 1 aromatic rings. The monoisotopic (exact) mass is 210 g/mol. The Morgan fingerprint density at radius 2 is 2.40 bits per heavy atom. The Morgan fingerprint density at radius 1 is 1.60 bits per heavy atom. The minimum absolute atomic E-state index is 0.0446. The van der Waals surface area contributed by atoms with Gasteiger partial charge in [0.15, 0.2) is 0 Å². The lowest BCUT2D eigenvalue weighted by Crippen LogP contribution is -2.40. The van der Waals surface area contributed by atoms with Gasteiger partial charge < -0.3 is 15.2 Å². The van der Waals surface area contributed by atoms with Gasteiger partial charge in [-0.25, -0.2) is 4.98 Å². The third-order valence-electron chi connectivity index (χ3n) is 2.28. The summed E-state index contributed by atoms with van der Waals surface area (Å²) in [5, 5.41) is 5.75. The molecular weight excluding hydrogens is 192 g/mol. The van der Waals surface area contributed by atoms with Gasteiger partial charge in [-0.2, -0.15) is 0 Å². The Morgan fingerprint density at radius 3 is 3.00 bits per heavy atom. The molecule has 84 valence electrons. The van der Waals surface area contributed by atoms with E-state index in [4.69, 9.17) is 0 Å². The van der Waals surface area contributed by atoms with Crippen molar-refractivity contribution in [3.8, 4) is 0 Å². The molecule has 0 spiro atoms. The topological polar surface area (TPSA) is 59.0 Å². The van der Waals surface area contributed by atoms with Gasteiger partial charge in [-0.15, -0.1) is 0 Å². The first-order valence-electron chi connectivity index (χ1n) is 5.14. The van der Waals surface area contributed by atoms with Gasteiger partial charge in [-0.05, 0) is 20.4 Å². The second kappa shape index (κ2) is 6.19. The lowest BCUT2D eigenvalue weighted by atomic mass is 10.3. The van der Waals surface area contributed by atoms with Crippen LogP contribution < -0.4 is 10.6 Å². The molecule has 0 aliphatic rings. The molecule has 0 fully saturated rings. The van der Waals surface area contributed by atoms with E-state index in [-0.39, 0.29) is 11.9 Å². The highest BCUT2D eigenvalue weighted by Gasteiger charge is 2.07. The van der Waals surface area contributed by atoms with Crippen molar-refractivity contribution >= 4 is 5.91 Å². The molecule has 0 saturated heterocycles. The first-order valence-corrected chi connectivity index (χ1v) is 5.14. The maximum absolute atomic E-state index is 11.3. The fourth-order valence-corrected chi connectivity index (χ4v) is 1.18. The SMILES string of the molecule is CNC(C)C(=O)NCCCn1ccnc1. The fourth-order valence-electron chi connectivity index (χ4n) is 1.18. The van der Waals surface area contributed by atoms with E-state index < -0.39 is 0 Å². The van der Waals surface area contributed by atoms with E-state index in [9.17, 15) is 4.79 Å². The molecule has 0 bridgehead atoms. The number of hydrogen-bond acceptors (Lipinski definition) is 3. The van der Waals surface area contributed by atoms with Crippen LogP contribution >= 0.6 is 0 Å². The maximum atomic E-state index is 11.3. The van der Waals surface area contributed by atoms with E-state index in [0.717, 1.165) is 13.0 Å². The zero-order valence-corrected chi connectivity index (χ0v) is 9.23. The molecule has 0 aliphatic carbocycles. The van der Waals surface area contributed by atoms with Gasteiger partial charge in [0.05, 0.1) is 12.4 Å². The fraction of sp³-hybridized carbons (Fsp3) is 0.600. The smallest absolute Gasteiger partial charge is 0.236 e. The van der Waals surface area contributed by atoms with Crippen molar-refractivity contribution < 1.29 is 4.79 Å². The summed E-state index contributed by atoms with van der Waals surface area (Å²) in [6.45, 7) is 3.42. The van der Waals surface area contributed by atoms with Gasteiger partial charge in [0.25, 0.3) is 0 Å². The lowest BCUT2D eigenvalue weighted by Gasteiger charge is -2.10. The van der Waals surface area contributed by atoms with Crippen molar-refractivity contribution in [1.82, 2.24) is 20.2 Å². The molecule has 1 aromatic heterocycles. The summed E-state index contributed by atoms with van der Waals surface area (Å²) in [4.78, 5) is 15.3. The van der Waals surface area contributed by atoms with Crippen LogP contribution in [0.5, 0.6) is 0 Å². The van der Waals surface area contributed by atoms with E-state index in [1.54, 1.807) is 19.6 Å². The van der Waals surface area contributed by atoms with Gasteiger partial charge >= 0.3 is 0 Å². The molecule has 1 heterocycles. The van der Waals surface area contributed by atoms with Crippen LogP contribution in [0.2, 0.25) is 0 Å². The Bertz CT molecular complexity index is 284.